The van der Waals surface area contributed by atoms with Crippen LogP contribution in [-0.2, 0) is 0 Å². The fourth-order valence-electron chi connectivity index (χ4n) is 2.05. The van der Waals surface area contributed by atoms with Gasteiger partial charge in [-0.3, -0.25) is 14.9 Å². The normalized spacial score (nSPS) is 13.1. The number of nitrogens with two attached hydrogens (primary N) is 1. The average Bonchev–Trinajstić information content (AvgIpc) is 2.36. The quantitative estimate of drug-likeness (QED) is 0.348. The summed E-state index contributed by atoms with van der Waals surface area (Å²) in [7, 11) is 0. The van der Waals surface area contributed by atoms with Crippen molar-refractivity contribution in [2.45, 2.75) is 38.8 Å². The smallest absolute Gasteiger partial charge is 0.269 e. The average molecular weight is 291 g/mol. The first-order valence-corrected chi connectivity index (χ1v) is 6.70. The molecule has 0 saturated carbocycles. The number of carbonyl (C=O) groups excluding carboxylic acids is 1. The van der Waals surface area contributed by atoms with Gasteiger partial charge in [-0.2, -0.15) is 0 Å². The van der Waals surface area contributed by atoms with Gasteiger partial charge in [0, 0.05) is 41.6 Å². The lowest BCUT2D eigenvalue weighted by molar-refractivity contribution is -0.384. The lowest BCUT2D eigenvalue weighted by Crippen LogP contribution is -2.40. The van der Waals surface area contributed by atoms with Crippen LogP contribution in [-0.4, -0.2) is 22.3 Å². The molecule has 3 N–H and O–H groups in total. The predicted molar refractivity (Wildman–Crippen MR) is 82.0 cm³/mol. The summed E-state index contributed by atoms with van der Waals surface area (Å²) in [6.07, 6.45) is 3.76. The van der Waals surface area contributed by atoms with Crippen molar-refractivity contribution in [1.29, 1.82) is 0 Å². The fourth-order valence-corrected chi connectivity index (χ4v) is 2.05. The van der Waals surface area contributed by atoms with E-state index in [2.05, 4.69) is 5.32 Å². The number of ketones is 1. The molecule has 114 valence electrons. The van der Waals surface area contributed by atoms with Gasteiger partial charge in [-0.15, -0.1) is 0 Å². The number of nitro groups is 1. The summed E-state index contributed by atoms with van der Waals surface area (Å²) in [5.74, 6) is -0.214. The Balaban J connectivity index is 2.64. The summed E-state index contributed by atoms with van der Waals surface area (Å²) < 4.78 is 0. The minimum absolute atomic E-state index is 0.0354. The summed E-state index contributed by atoms with van der Waals surface area (Å²) in [5, 5.41) is 13.7. The van der Waals surface area contributed by atoms with Gasteiger partial charge >= 0.3 is 0 Å². The standard InChI is InChI=1S/C15H21N3O3/c1-11(16)10-15(2,3)17-9-8-14(19)12-4-6-13(7-5-12)18(20)21/h4-9,11,17H,10,16H2,1-3H3/b9-8-. The largest absolute Gasteiger partial charge is 0.386 e. The topological polar surface area (TPSA) is 98.3 Å². The maximum Gasteiger partial charge on any atom is 0.269 e. The molecule has 0 bridgehead atoms. The molecule has 6 nitrogen and oxygen atoms in total. The van der Waals surface area contributed by atoms with Gasteiger partial charge in [0.1, 0.15) is 0 Å². The number of nitrogens with one attached hydrogen (secondary N) is 1. The van der Waals surface area contributed by atoms with Crippen molar-refractivity contribution in [2.24, 2.45) is 5.73 Å². The SMILES string of the molecule is CC(N)CC(C)(C)N/C=C\C(=O)c1ccc([N+](=O)[O-])cc1. The Morgan fingerprint density at radius 2 is 2.00 bits per heavy atom. The molecule has 0 spiro atoms. The van der Waals surface area contributed by atoms with Crippen molar-refractivity contribution in [1.82, 2.24) is 5.32 Å². The van der Waals surface area contributed by atoms with Gasteiger partial charge < -0.3 is 11.1 Å². The van der Waals surface area contributed by atoms with Crippen molar-refractivity contribution < 1.29 is 9.72 Å². The minimum atomic E-state index is -0.498. The third-order valence-electron chi connectivity index (χ3n) is 2.90. The molecule has 0 aliphatic carbocycles. The van der Waals surface area contributed by atoms with Crippen LogP contribution < -0.4 is 11.1 Å². The van der Waals surface area contributed by atoms with Crippen molar-refractivity contribution in [3.05, 3.63) is 52.2 Å². The first kappa shape index (κ1) is 16.8. The summed E-state index contributed by atoms with van der Waals surface area (Å²) in [4.78, 5) is 22.0. The van der Waals surface area contributed by atoms with Crippen molar-refractivity contribution in [3.8, 4) is 0 Å². The Hall–Kier alpha value is -2.21. The number of carbonyl (C=O) groups is 1. The van der Waals surface area contributed by atoms with Crippen LogP contribution in [0.4, 0.5) is 5.69 Å². The molecule has 0 aliphatic rings. The van der Waals surface area contributed by atoms with Crippen LogP contribution in [0.5, 0.6) is 0 Å². The molecule has 1 aromatic carbocycles. The molecule has 1 rings (SSSR count). The van der Waals surface area contributed by atoms with Crippen LogP contribution in [0.2, 0.25) is 0 Å². The van der Waals surface area contributed by atoms with E-state index in [4.69, 9.17) is 5.73 Å². The van der Waals surface area contributed by atoms with E-state index in [-0.39, 0.29) is 23.1 Å². The molecule has 0 radical (unpaired) electrons. The van der Waals surface area contributed by atoms with Crippen molar-refractivity contribution >= 4 is 11.5 Å². The van der Waals surface area contributed by atoms with Gasteiger partial charge in [-0.25, -0.2) is 0 Å². The zero-order chi connectivity index (χ0) is 16.0. The molecule has 0 saturated heterocycles. The first-order chi connectivity index (χ1) is 9.71. The van der Waals surface area contributed by atoms with E-state index < -0.39 is 4.92 Å². The first-order valence-electron chi connectivity index (χ1n) is 6.70. The summed E-state index contributed by atoms with van der Waals surface area (Å²) in [6, 6.07) is 5.57. The van der Waals surface area contributed by atoms with E-state index in [9.17, 15) is 14.9 Å². The van der Waals surface area contributed by atoms with Gasteiger partial charge in [-0.05, 0) is 39.3 Å². The molecule has 0 amide bonds. The van der Waals surface area contributed by atoms with Gasteiger partial charge in [0.2, 0.25) is 0 Å². The maximum atomic E-state index is 11.9. The Kier molecular flexibility index (Phi) is 5.60. The van der Waals surface area contributed by atoms with E-state index >= 15 is 0 Å². The maximum absolute atomic E-state index is 11.9. The number of nitrogens with zero attached hydrogens (tertiary/aromatic N) is 1. The van der Waals surface area contributed by atoms with Gasteiger partial charge in [-0.1, -0.05) is 0 Å². The van der Waals surface area contributed by atoms with E-state index in [0.717, 1.165) is 6.42 Å². The van der Waals surface area contributed by atoms with Gasteiger partial charge in [0.15, 0.2) is 5.78 Å². The Morgan fingerprint density at radius 3 is 2.48 bits per heavy atom. The molecule has 0 fully saturated rings. The number of rotatable bonds is 7. The Labute approximate surface area is 124 Å². The van der Waals surface area contributed by atoms with Crippen LogP contribution >= 0.6 is 0 Å². The second-order valence-corrected chi connectivity index (χ2v) is 5.71. The summed E-state index contributed by atoms with van der Waals surface area (Å²) >= 11 is 0. The van der Waals surface area contributed by atoms with E-state index in [0.29, 0.717) is 5.56 Å². The highest BCUT2D eigenvalue weighted by Gasteiger charge is 2.17. The molecule has 21 heavy (non-hydrogen) atoms. The number of non-ortho nitro benzene ring substituents is 1. The van der Waals surface area contributed by atoms with Crippen LogP contribution in [0.15, 0.2) is 36.5 Å². The number of allylic oxidation sites excluding steroid dienone is 1. The molecule has 0 aliphatic heterocycles. The van der Waals surface area contributed by atoms with Crippen LogP contribution in [0.3, 0.4) is 0 Å². The highest BCUT2D eigenvalue weighted by atomic mass is 16.6. The van der Waals surface area contributed by atoms with Crippen molar-refractivity contribution in [3.63, 3.8) is 0 Å². The molecule has 1 atom stereocenters. The zero-order valence-electron chi connectivity index (χ0n) is 12.5. The van der Waals surface area contributed by atoms with E-state index in [1.54, 1.807) is 6.20 Å². The fraction of sp³-hybridized carbons (Fsp3) is 0.400. The summed E-state index contributed by atoms with van der Waals surface area (Å²) in [5.41, 5.74) is 5.92. The third-order valence-corrected chi connectivity index (χ3v) is 2.90. The van der Waals surface area contributed by atoms with Crippen LogP contribution in [0.1, 0.15) is 37.6 Å². The predicted octanol–water partition coefficient (Wildman–Crippen LogP) is 2.40. The highest BCUT2D eigenvalue weighted by Crippen LogP contribution is 2.13. The number of nitro benzene ring substituents is 1. The molecular weight excluding hydrogens is 270 g/mol. The second-order valence-electron chi connectivity index (χ2n) is 5.71. The lowest BCUT2D eigenvalue weighted by atomic mass is 9.97. The van der Waals surface area contributed by atoms with Gasteiger partial charge in [0.05, 0.1) is 4.92 Å². The summed E-state index contributed by atoms with van der Waals surface area (Å²) in [6.45, 7) is 5.92. The second kappa shape index (κ2) is 6.99. The molecule has 0 aromatic heterocycles. The number of hydrogen-bond acceptors (Lipinski definition) is 5. The molecule has 6 heteroatoms. The molecule has 1 unspecified atom stereocenters. The minimum Gasteiger partial charge on any atom is -0.386 e. The van der Waals surface area contributed by atoms with Gasteiger partial charge in [0.25, 0.3) is 5.69 Å². The highest BCUT2D eigenvalue weighted by molar-refractivity contribution is 6.04. The number of hydrogen-bond donors (Lipinski definition) is 2. The van der Waals surface area contributed by atoms with Crippen LogP contribution in [0, 0.1) is 10.1 Å². The van der Waals surface area contributed by atoms with Crippen molar-refractivity contribution in [2.75, 3.05) is 0 Å². The monoisotopic (exact) mass is 291 g/mol. The Morgan fingerprint density at radius 1 is 1.43 bits per heavy atom. The third kappa shape index (κ3) is 5.74. The van der Waals surface area contributed by atoms with E-state index in [1.165, 1.54) is 30.3 Å². The zero-order valence-corrected chi connectivity index (χ0v) is 12.5. The lowest BCUT2D eigenvalue weighted by Gasteiger charge is -2.27. The molecule has 0 heterocycles. The Bertz CT molecular complexity index is 534. The van der Waals surface area contributed by atoms with Crippen LogP contribution in [0.25, 0.3) is 0 Å². The molecule has 1 aromatic rings. The van der Waals surface area contributed by atoms with E-state index in [1.807, 2.05) is 20.8 Å². The number of benzene rings is 1. The molecular formula is C15H21N3O3.